The first-order valence-electron chi connectivity index (χ1n) is 9.27. The highest BCUT2D eigenvalue weighted by atomic mass is 16.5. The van der Waals surface area contributed by atoms with Crippen molar-refractivity contribution in [3.63, 3.8) is 0 Å². The maximum Gasteiger partial charge on any atom is 0.127 e. The van der Waals surface area contributed by atoms with Crippen molar-refractivity contribution in [2.75, 3.05) is 19.6 Å². The minimum atomic E-state index is 0.505. The number of hydrogen-bond acceptors (Lipinski definition) is 2. The normalized spacial score (nSPS) is 14.8. The predicted molar refractivity (Wildman–Crippen MR) is 98.8 cm³/mol. The van der Waals surface area contributed by atoms with Crippen LogP contribution in [0.4, 0.5) is 0 Å². The summed E-state index contributed by atoms with van der Waals surface area (Å²) in [5.41, 5.74) is 2.73. The van der Waals surface area contributed by atoms with Crippen LogP contribution in [-0.4, -0.2) is 30.6 Å². The highest BCUT2D eigenvalue weighted by Crippen LogP contribution is 2.44. The maximum absolute atomic E-state index is 5.87. The molecule has 0 unspecified atom stereocenters. The van der Waals surface area contributed by atoms with Gasteiger partial charge in [0.15, 0.2) is 0 Å². The molecule has 0 aliphatic heterocycles. The lowest BCUT2D eigenvalue weighted by Gasteiger charge is -2.13. The summed E-state index contributed by atoms with van der Waals surface area (Å²) in [5.74, 6) is 7.43. The molecule has 0 atom stereocenters. The summed E-state index contributed by atoms with van der Waals surface area (Å²) >= 11 is 0. The van der Waals surface area contributed by atoms with Crippen LogP contribution in [0.5, 0.6) is 5.75 Å². The fourth-order valence-electron chi connectivity index (χ4n) is 2.84. The molecule has 3 rings (SSSR count). The Morgan fingerprint density at radius 2 is 1.83 bits per heavy atom. The molecule has 0 N–H and O–H groups in total. The van der Waals surface area contributed by atoms with E-state index >= 15 is 0 Å². The fraction of sp³-hybridized carbons (Fsp3) is 0.619. The molecule has 0 radical (unpaired) electrons. The Balaban J connectivity index is 0.000000168. The number of nitrogens with zero attached hydrogens (tertiary/aromatic N) is 1. The van der Waals surface area contributed by atoms with E-state index in [0.717, 1.165) is 31.8 Å². The summed E-state index contributed by atoms with van der Waals surface area (Å²) in [6, 6.07) is 6.42. The van der Waals surface area contributed by atoms with Crippen LogP contribution in [0, 0.1) is 11.8 Å². The first-order chi connectivity index (χ1) is 11.3. The minimum Gasteiger partial charge on any atom is -0.490 e. The van der Waals surface area contributed by atoms with Crippen LogP contribution >= 0.6 is 0 Å². The molecule has 2 heteroatoms. The van der Waals surface area contributed by atoms with Gasteiger partial charge in [-0.25, -0.2) is 0 Å². The third-order valence-electron chi connectivity index (χ3n) is 4.50. The van der Waals surface area contributed by atoms with Crippen LogP contribution in [0.25, 0.3) is 11.1 Å². The van der Waals surface area contributed by atoms with Crippen LogP contribution in [0.3, 0.4) is 0 Å². The lowest BCUT2D eigenvalue weighted by molar-refractivity contribution is 0.212. The molecule has 1 saturated carbocycles. The molecule has 0 bridgehead atoms. The second-order valence-corrected chi connectivity index (χ2v) is 6.30. The molecule has 0 aromatic carbocycles. The zero-order valence-electron chi connectivity index (χ0n) is 15.0. The number of benzene rings is 1. The molecule has 0 spiro atoms. The highest BCUT2D eigenvalue weighted by Gasteiger charge is 2.23. The molecular weight excluding hydrogens is 282 g/mol. The van der Waals surface area contributed by atoms with Gasteiger partial charge in [-0.3, -0.25) is 4.90 Å². The number of ether oxygens (including phenoxy) is 1. The van der Waals surface area contributed by atoms with Crippen molar-refractivity contribution in [2.45, 2.75) is 65.4 Å². The smallest absolute Gasteiger partial charge is 0.127 e. The molecule has 2 nitrogen and oxygen atoms in total. The summed E-state index contributed by atoms with van der Waals surface area (Å²) < 4.78 is 5.87. The van der Waals surface area contributed by atoms with Gasteiger partial charge in [-0.2, -0.15) is 0 Å². The van der Waals surface area contributed by atoms with Gasteiger partial charge in [0.2, 0.25) is 0 Å². The van der Waals surface area contributed by atoms with Gasteiger partial charge in [-0.05, 0) is 62.9 Å². The van der Waals surface area contributed by atoms with Gasteiger partial charge in [-0.15, -0.1) is 5.92 Å². The lowest BCUT2D eigenvalue weighted by Crippen LogP contribution is -2.22. The molecule has 3 aliphatic carbocycles. The average Bonchev–Trinajstić information content (AvgIpc) is 2.98. The Labute approximate surface area is 142 Å². The third-order valence-corrected chi connectivity index (χ3v) is 4.50. The van der Waals surface area contributed by atoms with Gasteiger partial charge in [0, 0.05) is 12.0 Å². The molecule has 0 aromatic rings. The molecule has 0 amide bonds. The van der Waals surface area contributed by atoms with Gasteiger partial charge in [-0.1, -0.05) is 32.8 Å². The first kappa shape index (κ1) is 17.9. The van der Waals surface area contributed by atoms with Crippen LogP contribution in [0.15, 0.2) is 18.2 Å². The minimum absolute atomic E-state index is 0.505. The van der Waals surface area contributed by atoms with Crippen molar-refractivity contribution in [2.24, 2.45) is 0 Å². The topological polar surface area (TPSA) is 12.5 Å². The number of fused-ring (bicyclic) bond motifs is 1. The molecular formula is C21H31NO. The van der Waals surface area contributed by atoms with Crippen molar-refractivity contribution >= 4 is 0 Å². The van der Waals surface area contributed by atoms with Gasteiger partial charge in [0.1, 0.15) is 5.75 Å². The zero-order chi connectivity index (χ0) is 16.5. The molecule has 23 heavy (non-hydrogen) atoms. The van der Waals surface area contributed by atoms with E-state index < -0.39 is 0 Å². The van der Waals surface area contributed by atoms with Crippen molar-refractivity contribution < 1.29 is 4.74 Å². The Bertz CT molecular complexity index is 531. The summed E-state index contributed by atoms with van der Waals surface area (Å²) in [4.78, 5) is 2.32. The Morgan fingerprint density at radius 1 is 1.09 bits per heavy atom. The van der Waals surface area contributed by atoms with Crippen molar-refractivity contribution in [1.29, 1.82) is 0 Å². The largest absolute Gasteiger partial charge is 0.490 e. The second kappa shape index (κ2) is 9.63. The van der Waals surface area contributed by atoms with Crippen molar-refractivity contribution in [3.05, 3.63) is 18.2 Å². The third kappa shape index (κ3) is 5.92. The Morgan fingerprint density at radius 3 is 2.35 bits per heavy atom. The monoisotopic (exact) mass is 313 g/mol. The Kier molecular flexibility index (Phi) is 7.49. The predicted octanol–water partition coefficient (Wildman–Crippen LogP) is 5.12. The number of hydrogen-bond donors (Lipinski definition) is 0. The summed E-state index contributed by atoms with van der Waals surface area (Å²) in [5, 5.41) is 0. The Hall–Kier alpha value is -1.46. The molecule has 3 aliphatic rings. The van der Waals surface area contributed by atoms with E-state index in [-0.39, 0.29) is 0 Å². The van der Waals surface area contributed by atoms with Gasteiger partial charge in [0.05, 0.1) is 12.6 Å². The van der Waals surface area contributed by atoms with E-state index in [1.54, 1.807) is 0 Å². The zero-order valence-corrected chi connectivity index (χ0v) is 15.0. The van der Waals surface area contributed by atoms with E-state index in [4.69, 9.17) is 4.74 Å². The van der Waals surface area contributed by atoms with Crippen molar-refractivity contribution in [1.82, 2.24) is 4.90 Å². The molecule has 126 valence electrons. The molecule has 0 saturated heterocycles. The van der Waals surface area contributed by atoms with Gasteiger partial charge < -0.3 is 4.74 Å². The molecule has 0 heterocycles. The van der Waals surface area contributed by atoms with Crippen LogP contribution < -0.4 is 4.74 Å². The highest BCUT2D eigenvalue weighted by molar-refractivity contribution is 5.87. The van der Waals surface area contributed by atoms with Gasteiger partial charge in [0.25, 0.3) is 0 Å². The van der Waals surface area contributed by atoms with E-state index in [1.165, 1.54) is 43.2 Å². The first-order valence-corrected chi connectivity index (χ1v) is 9.27. The summed E-state index contributed by atoms with van der Waals surface area (Å²) in [6.45, 7) is 9.66. The average molecular weight is 313 g/mol. The molecule has 1 fully saturated rings. The lowest BCUT2D eigenvalue weighted by atomic mass is 10.3. The quantitative estimate of drug-likeness (QED) is 0.686. The molecule has 0 aromatic heterocycles. The van der Waals surface area contributed by atoms with E-state index in [0.29, 0.717) is 6.10 Å². The van der Waals surface area contributed by atoms with E-state index in [2.05, 4.69) is 55.7 Å². The van der Waals surface area contributed by atoms with Crippen LogP contribution in [-0.2, 0) is 0 Å². The fourth-order valence-corrected chi connectivity index (χ4v) is 2.84. The van der Waals surface area contributed by atoms with E-state index in [9.17, 15) is 0 Å². The van der Waals surface area contributed by atoms with Crippen LogP contribution in [0.2, 0.25) is 0 Å². The van der Waals surface area contributed by atoms with Gasteiger partial charge >= 0.3 is 0 Å². The van der Waals surface area contributed by atoms with Crippen molar-refractivity contribution in [3.8, 4) is 28.7 Å². The van der Waals surface area contributed by atoms with Crippen LogP contribution in [0.1, 0.15) is 59.3 Å². The van der Waals surface area contributed by atoms with E-state index in [1.807, 2.05) is 0 Å². The summed E-state index contributed by atoms with van der Waals surface area (Å²) in [6.07, 6.45) is 7.91. The maximum atomic E-state index is 5.87. The standard InChI is InChI=1S/C11H12O.C10H19N/c1-2-4-9(3-1)12-11-6-5-8-7-10(8)11;1-4-7-8-9-10-11(5-2)6-3/h5-7,9H,1-4H2;4-7,10H2,1-3H3. The SMILES string of the molecule is CCCC#CCN(CC)CC.c1cc(OC2CCCC2)c2cc1-2. The number of rotatable bonds is 6. The summed E-state index contributed by atoms with van der Waals surface area (Å²) in [7, 11) is 0. The number of unbranched alkanes of at least 4 members (excludes halogenated alkanes) is 1. The second-order valence-electron chi connectivity index (χ2n) is 6.30.